The molecule has 2 unspecified atom stereocenters. The minimum absolute atomic E-state index is 0.569. The van der Waals surface area contributed by atoms with E-state index >= 15 is 0 Å². The van der Waals surface area contributed by atoms with E-state index in [4.69, 9.17) is 0 Å². The summed E-state index contributed by atoms with van der Waals surface area (Å²) >= 11 is 1.79. The molecule has 0 bridgehead atoms. The molecule has 2 rings (SSSR count). The fraction of sp³-hybridized carbons (Fsp3) is 0.714. The van der Waals surface area contributed by atoms with Crippen LogP contribution in [-0.4, -0.2) is 36.6 Å². The molecule has 0 aliphatic heterocycles. The quantitative estimate of drug-likeness (QED) is 0.803. The van der Waals surface area contributed by atoms with Gasteiger partial charge in [-0.05, 0) is 62.5 Å². The predicted molar refractivity (Wildman–Crippen MR) is 75.7 cm³/mol. The molecule has 1 N–H and O–H groups in total. The number of nitrogens with zero attached hydrogens (tertiary/aromatic N) is 1. The molecule has 0 saturated heterocycles. The molecule has 0 aromatic carbocycles. The van der Waals surface area contributed by atoms with E-state index < -0.39 is 0 Å². The lowest BCUT2D eigenvalue weighted by atomic mass is 10.1. The molecule has 2 atom stereocenters. The largest absolute Gasteiger partial charge is 0.312 e. The van der Waals surface area contributed by atoms with Crippen molar-refractivity contribution in [2.75, 3.05) is 13.6 Å². The molecule has 1 aromatic rings. The number of thiophene rings is 1. The molecule has 0 spiro atoms. The van der Waals surface area contributed by atoms with Gasteiger partial charge in [0, 0.05) is 24.7 Å². The first-order valence-corrected chi connectivity index (χ1v) is 7.57. The molecule has 1 fully saturated rings. The van der Waals surface area contributed by atoms with Gasteiger partial charge in [-0.3, -0.25) is 4.90 Å². The Labute approximate surface area is 109 Å². The summed E-state index contributed by atoms with van der Waals surface area (Å²) in [5.74, 6) is 0. The van der Waals surface area contributed by atoms with E-state index in [0.29, 0.717) is 12.1 Å². The highest BCUT2D eigenvalue weighted by Gasteiger charge is 2.28. The second-order valence-electron chi connectivity index (χ2n) is 5.39. The summed E-state index contributed by atoms with van der Waals surface area (Å²) in [6.07, 6.45) is 3.93. The van der Waals surface area contributed by atoms with Crippen LogP contribution < -0.4 is 5.32 Å². The van der Waals surface area contributed by atoms with E-state index in [0.717, 1.165) is 19.0 Å². The van der Waals surface area contributed by atoms with Crippen LogP contribution in [0.25, 0.3) is 0 Å². The van der Waals surface area contributed by atoms with Crippen LogP contribution in [0, 0.1) is 0 Å². The Balaban J connectivity index is 1.66. The summed E-state index contributed by atoms with van der Waals surface area (Å²) in [6, 6.07) is 4.30. The van der Waals surface area contributed by atoms with Crippen LogP contribution in [0.15, 0.2) is 16.8 Å². The van der Waals surface area contributed by atoms with Crippen molar-refractivity contribution in [3.63, 3.8) is 0 Å². The van der Waals surface area contributed by atoms with Gasteiger partial charge in [0.25, 0.3) is 0 Å². The molecule has 0 amide bonds. The van der Waals surface area contributed by atoms with Crippen molar-refractivity contribution in [2.45, 2.75) is 51.2 Å². The number of rotatable bonds is 7. The van der Waals surface area contributed by atoms with E-state index in [9.17, 15) is 0 Å². The van der Waals surface area contributed by atoms with E-state index in [1.807, 2.05) is 0 Å². The molecular weight excluding hydrogens is 228 g/mol. The van der Waals surface area contributed by atoms with Crippen LogP contribution in [0.2, 0.25) is 0 Å². The number of likely N-dealkylation sites (N-methyl/N-ethyl adjacent to an activating group) is 1. The minimum atomic E-state index is 0.569. The third kappa shape index (κ3) is 4.09. The van der Waals surface area contributed by atoms with Gasteiger partial charge in [0.1, 0.15) is 0 Å². The third-order valence-corrected chi connectivity index (χ3v) is 4.43. The molecule has 1 aliphatic carbocycles. The van der Waals surface area contributed by atoms with Crippen molar-refractivity contribution in [3.05, 3.63) is 22.4 Å². The Bertz CT molecular complexity index is 319. The van der Waals surface area contributed by atoms with Crippen molar-refractivity contribution in [1.82, 2.24) is 10.2 Å². The second-order valence-corrected chi connectivity index (χ2v) is 6.17. The zero-order chi connectivity index (χ0) is 12.3. The minimum Gasteiger partial charge on any atom is -0.312 e. The first-order chi connectivity index (χ1) is 8.16. The normalized spacial score (nSPS) is 19.5. The van der Waals surface area contributed by atoms with E-state index in [-0.39, 0.29) is 0 Å². The van der Waals surface area contributed by atoms with Gasteiger partial charge in [-0.1, -0.05) is 0 Å². The number of nitrogens with one attached hydrogen (secondary N) is 1. The number of hydrogen-bond donors (Lipinski definition) is 1. The van der Waals surface area contributed by atoms with Crippen molar-refractivity contribution < 1.29 is 0 Å². The lowest BCUT2D eigenvalue weighted by Crippen LogP contribution is -2.42. The SMILES string of the molecule is CC(Cc1ccsc1)NCC(C)N(C)C1CC1. The average molecular weight is 252 g/mol. The summed E-state index contributed by atoms with van der Waals surface area (Å²) in [6.45, 7) is 5.70. The Hall–Kier alpha value is -0.380. The molecule has 2 nitrogen and oxygen atoms in total. The topological polar surface area (TPSA) is 15.3 Å². The molecule has 1 aromatic heterocycles. The predicted octanol–water partition coefficient (Wildman–Crippen LogP) is 2.75. The molecule has 1 saturated carbocycles. The Kier molecular flexibility index (Phi) is 4.60. The molecule has 1 heterocycles. The third-order valence-electron chi connectivity index (χ3n) is 3.70. The molecule has 96 valence electrons. The van der Waals surface area contributed by atoms with Crippen LogP contribution in [0.3, 0.4) is 0 Å². The van der Waals surface area contributed by atoms with Crippen molar-refractivity contribution in [2.24, 2.45) is 0 Å². The van der Waals surface area contributed by atoms with Gasteiger partial charge in [-0.15, -0.1) is 0 Å². The van der Waals surface area contributed by atoms with Crippen LogP contribution in [0.5, 0.6) is 0 Å². The molecule has 17 heavy (non-hydrogen) atoms. The standard InChI is InChI=1S/C14H24N2S/c1-11(8-13-6-7-17-10-13)15-9-12(2)16(3)14-4-5-14/h6-7,10-12,14-15H,4-5,8-9H2,1-3H3. The fourth-order valence-corrected chi connectivity index (χ4v) is 2.87. The maximum atomic E-state index is 3.65. The van der Waals surface area contributed by atoms with Gasteiger partial charge < -0.3 is 5.32 Å². The van der Waals surface area contributed by atoms with Gasteiger partial charge in [0.05, 0.1) is 0 Å². The van der Waals surface area contributed by atoms with E-state index in [1.165, 1.54) is 18.4 Å². The van der Waals surface area contributed by atoms with Gasteiger partial charge in [0.15, 0.2) is 0 Å². The lowest BCUT2D eigenvalue weighted by molar-refractivity contribution is 0.236. The van der Waals surface area contributed by atoms with E-state index in [2.05, 4.69) is 47.9 Å². The first kappa shape index (κ1) is 13.1. The summed E-state index contributed by atoms with van der Waals surface area (Å²) in [5.41, 5.74) is 1.46. The molecule has 3 heteroatoms. The van der Waals surface area contributed by atoms with Crippen LogP contribution >= 0.6 is 11.3 Å². The summed E-state index contributed by atoms with van der Waals surface area (Å²) < 4.78 is 0. The van der Waals surface area contributed by atoms with Crippen LogP contribution in [0.4, 0.5) is 0 Å². The fourth-order valence-electron chi connectivity index (χ4n) is 2.19. The molecular formula is C14H24N2S. The zero-order valence-corrected chi connectivity index (χ0v) is 12.0. The Morgan fingerprint density at radius 3 is 2.82 bits per heavy atom. The first-order valence-electron chi connectivity index (χ1n) is 6.63. The molecule has 0 radical (unpaired) electrons. The van der Waals surface area contributed by atoms with Gasteiger partial charge in [0.2, 0.25) is 0 Å². The summed E-state index contributed by atoms with van der Waals surface area (Å²) in [5, 5.41) is 8.05. The highest BCUT2D eigenvalue weighted by molar-refractivity contribution is 7.07. The Morgan fingerprint density at radius 2 is 2.24 bits per heavy atom. The zero-order valence-electron chi connectivity index (χ0n) is 11.1. The van der Waals surface area contributed by atoms with Crippen molar-refractivity contribution >= 4 is 11.3 Å². The second kappa shape index (κ2) is 5.98. The maximum absolute atomic E-state index is 3.65. The van der Waals surface area contributed by atoms with Gasteiger partial charge in [-0.25, -0.2) is 0 Å². The van der Waals surface area contributed by atoms with Gasteiger partial charge in [-0.2, -0.15) is 11.3 Å². The Morgan fingerprint density at radius 1 is 1.47 bits per heavy atom. The highest BCUT2D eigenvalue weighted by atomic mass is 32.1. The van der Waals surface area contributed by atoms with Gasteiger partial charge >= 0.3 is 0 Å². The average Bonchev–Trinajstić information content (AvgIpc) is 3.05. The highest BCUT2D eigenvalue weighted by Crippen LogP contribution is 2.26. The smallest absolute Gasteiger partial charge is 0.0192 e. The number of hydrogen-bond acceptors (Lipinski definition) is 3. The van der Waals surface area contributed by atoms with Crippen molar-refractivity contribution in [1.29, 1.82) is 0 Å². The monoisotopic (exact) mass is 252 g/mol. The van der Waals surface area contributed by atoms with Crippen LogP contribution in [-0.2, 0) is 6.42 Å². The van der Waals surface area contributed by atoms with E-state index in [1.54, 1.807) is 11.3 Å². The van der Waals surface area contributed by atoms with Crippen LogP contribution in [0.1, 0.15) is 32.3 Å². The summed E-state index contributed by atoms with van der Waals surface area (Å²) in [7, 11) is 2.26. The molecule has 1 aliphatic rings. The lowest BCUT2D eigenvalue weighted by Gasteiger charge is -2.26. The van der Waals surface area contributed by atoms with Crippen molar-refractivity contribution in [3.8, 4) is 0 Å². The summed E-state index contributed by atoms with van der Waals surface area (Å²) in [4.78, 5) is 2.52. The maximum Gasteiger partial charge on any atom is 0.0192 e.